The molecule has 1 aliphatic rings. The molecular formula is C31H31NO5. The maximum Gasteiger partial charge on any atom is 0.337 e. The van der Waals surface area contributed by atoms with Gasteiger partial charge in [0.1, 0.15) is 13.2 Å². The molecular weight excluding hydrogens is 466 g/mol. The highest BCUT2D eigenvalue weighted by atomic mass is 16.6. The zero-order valence-corrected chi connectivity index (χ0v) is 21.8. The van der Waals surface area contributed by atoms with Crippen LogP contribution in [0.5, 0.6) is 11.5 Å². The molecule has 0 radical (unpaired) electrons. The van der Waals surface area contributed by atoms with Crippen molar-refractivity contribution in [1.29, 1.82) is 0 Å². The van der Waals surface area contributed by atoms with Crippen LogP contribution in [0.15, 0.2) is 60.7 Å². The van der Waals surface area contributed by atoms with E-state index < -0.39 is 17.7 Å². The highest BCUT2D eigenvalue weighted by Crippen LogP contribution is 2.44. The molecule has 5 rings (SSSR count). The van der Waals surface area contributed by atoms with E-state index in [9.17, 15) is 9.90 Å². The van der Waals surface area contributed by atoms with Crippen LogP contribution in [-0.4, -0.2) is 34.9 Å². The summed E-state index contributed by atoms with van der Waals surface area (Å²) in [6.45, 7) is 10.4. The lowest BCUT2D eigenvalue weighted by Gasteiger charge is -2.28. The summed E-state index contributed by atoms with van der Waals surface area (Å²) in [4.78, 5) is 17.6. The number of rotatable bonds is 5. The normalized spacial score (nSPS) is 14.0. The van der Waals surface area contributed by atoms with Crippen molar-refractivity contribution >= 4 is 16.9 Å². The standard InChI is InChI=1S/C31H31NO5/c1-18-9-6-7-10-21(18)22-11-8-12-23-27(20-13-14-24-25(17-20)36-16-15-35-24)26(19(2)32-28(22)23)29(30(33)34)37-31(3,4)5/h6-14,17,29H,15-16H2,1-5H3,(H,33,34). The first kappa shape index (κ1) is 24.8. The third-order valence-electron chi connectivity index (χ3n) is 6.47. The van der Waals surface area contributed by atoms with Crippen molar-refractivity contribution in [3.63, 3.8) is 0 Å². The van der Waals surface area contributed by atoms with Crippen LogP contribution in [0.4, 0.5) is 0 Å². The van der Waals surface area contributed by atoms with Crippen molar-refractivity contribution in [3.8, 4) is 33.8 Å². The van der Waals surface area contributed by atoms with Gasteiger partial charge in [0.25, 0.3) is 0 Å². The van der Waals surface area contributed by atoms with Crippen molar-refractivity contribution in [2.24, 2.45) is 0 Å². The Hall–Kier alpha value is -3.90. The number of ether oxygens (including phenoxy) is 3. The number of benzene rings is 3. The maximum atomic E-state index is 12.6. The SMILES string of the molecule is Cc1ccccc1-c1cccc2c(-c3ccc4c(c3)OCCO4)c(C(OC(C)(C)C)C(=O)O)c(C)nc12. The predicted octanol–water partition coefficient (Wildman–Crippen LogP) is 6.90. The van der Waals surface area contributed by atoms with E-state index >= 15 is 0 Å². The topological polar surface area (TPSA) is 77.9 Å². The Labute approximate surface area is 216 Å². The van der Waals surface area contributed by atoms with Crippen molar-refractivity contribution in [2.75, 3.05) is 13.2 Å². The van der Waals surface area contributed by atoms with Gasteiger partial charge in [-0.1, -0.05) is 48.5 Å². The molecule has 37 heavy (non-hydrogen) atoms. The predicted molar refractivity (Wildman–Crippen MR) is 144 cm³/mol. The van der Waals surface area contributed by atoms with E-state index in [-0.39, 0.29) is 0 Å². The average Bonchev–Trinajstić information content (AvgIpc) is 2.86. The first-order valence-corrected chi connectivity index (χ1v) is 12.4. The molecule has 4 aromatic rings. The van der Waals surface area contributed by atoms with Crippen LogP contribution in [0.1, 0.15) is 43.7 Å². The molecule has 0 spiro atoms. The molecule has 1 N–H and O–H groups in total. The molecule has 0 saturated heterocycles. The van der Waals surface area contributed by atoms with Crippen molar-refractivity contribution in [2.45, 2.75) is 46.3 Å². The minimum atomic E-state index is -1.21. The molecule has 3 aromatic carbocycles. The number of carbonyl (C=O) groups is 1. The van der Waals surface area contributed by atoms with Gasteiger partial charge in [-0.2, -0.15) is 0 Å². The van der Waals surface area contributed by atoms with Crippen molar-refractivity contribution in [3.05, 3.63) is 77.5 Å². The molecule has 0 fully saturated rings. The Bertz CT molecular complexity index is 1500. The highest BCUT2D eigenvalue weighted by Gasteiger charge is 2.33. The number of carboxylic acids is 1. The number of para-hydroxylation sites is 1. The Morgan fingerprint density at radius 1 is 0.946 bits per heavy atom. The smallest absolute Gasteiger partial charge is 0.337 e. The van der Waals surface area contributed by atoms with Gasteiger partial charge in [-0.25, -0.2) is 4.79 Å². The van der Waals surface area contributed by atoms with Gasteiger partial charge in [-0.3, -0.25) is 4.98 Å². The van der Waals surface area contributed by atoms with Crippen LogP contribution < -0.4 is 9.47 Å². The van der Waals surface area contributed by atoms with E-state index in [0.717, 1.165) is 38.7 Å². The van der Waals surface area contributed by atoms with Gasteiger partial charge < -0.3 is 19.3 Å². The zero-order valence-electron chi connectivity index (χ0n) is 21.8. The monoisotopic (exact) mass is 497 g/mol. The number of aliphatic carboxylic acids is 1. The molecule has 0 aliphatic carbocycles. The van der Waals surface area contributed by atoms with E-state index in [4.69, 9.17) is 19.2 Å². The minimum absolute atomic E-state index is 0.460. The second-order valence-electron chi connectivity index (χ2n) is 10.3. The Balaban J connectivity index is 1.86. The summed E-state index contributed by atoms with van der Waals surface area (Å²) in [7, 11) is 0. The van der Waals surface area contributed by atoms with E-state index in [2.05, 4.69) is 25.1 Å². The third kappa shape index (κ3) is 4.77. The summed E-state index contributed by atoms with van der Waals surface area (Å²) in [5.74, 6) is 0.247. The maximum absolute atomic E-state index is 12.6. The molecule has 6 nitrogen and oxygen atoms in total. The first-order chi connectivity index (χ1) is 17.6. The Morgan fingerprint density at radius 2 is 1.65 bits per heavy atom. The van der Waals surface area contributed by atoms with E-state index in [1.54, 1.807) is 0 Å². The number of aryl methyl sites for hydroxylation is 2. The van der Waals surface area contributed by atoms with Crippen LogP contribution in [-0.2, 0) is 9.53 Å². The van der Waals surface area contributed by atoms with Crippen LogP contribution >= 0.6 is 0 Å². The van der Waals surface area contributed by atoms with Crippen molar-refractivity contribution in [1.82, 2.24) is 4.98 Å². The fourth-order valence-corrected chi connectivity index (χ4v) is 4.93. The van der Waals surface area contributed by atoms with Gasteiger partial charge in [0.05, 0.1) is 11.1 Å². The Morgan fingerprint density at radius 3 is 2.35 bits per heavy atom. The van der Waals surface area contributed by atoms with Gasteiger partial charge in [-0.15, -0.1) is 0 Å². The molecule has 190 valence electrons. The van der Waals surface area contributed by atoms with Gasteiger partial charge >= 0.3 is 5.97 Å². The quantitative estimate of drug-likeness (QED) is 0.323. The van der Waals surface area contributed by atoms with Gasteiger partial charge in [-0.05, 0) is 69.0 Å². The van der Waals surface area contributed by atoms with Crippen LogP contribution in [0.3, 0.4) is 0 Å². The van der Waals surface area contributed by atoms with E-state index in [0.29, 0.717) is 36.0 Å². The second kappa shape index (κ2) is 9.52. The third-order valence-corrected chi connectivity index (χ3v) is 6.47. The number of nitrogens with zero attached hydrogens (tertiary/aromatic N) is 1. The summed E-state index contributed by atoms with van der Waals surface area (Å²) in [5, 5.41) is 11.2. The van der Waals surface area contributed by atoms with Gasteiger partial charge in [0.15, 0.2) is 17.6 Å². The molecule has 1 aromatic heterocycles. The molecule has 0 bridgehead atoms. The number of carboxylic acid groups (broad SMARTS) is 1. The highest BCUT2D eigenvalue weighted by molar-refractivity contribution is 6.05. The number of fused-ring (bicyclic) bond motifs is 2. The lowest BCUT2D eigenvalue weighted by molar-refractivity contribution is -0.160. The van der Waals surface area contributed by atoms with Crippen LogP contribution in [0.2, 0.25) is 0 Å². The molecule has 1 unspecified atom stereocenters. The molecule has 0 amide bonds. The average molecular weight is 498 g/mol. The summed E-state index contributed by atoms with van der Waals surface area (Å²) < 4.78 is 17.7. The molecule has 6 heteroatoms. The van der Waals surface area contributed by atoms with Gasteiger partial charge in [0, 0.05) is 22.2 Å². The fraction of sp³-hybridized carbons (Fsp3) is 0.290. The molecule has 0 saturated carbocycles. The summed E-state index contributed by atoms with van der Waals surface area (Å²) in [6, 6.07) is 20.0. The Kier molecular flexibility index (Phi) is 6.38. The minimum Gasteiger partial charge on any atom is -0.486 e. The summed E-state index contributed by atoms with van der Waals surface area (Å²) >= 11 is 0. The number of pyridine rings is 1. The summed E-state index contributed by atoms with van der Waals surface area (Å²) in [6.07, 6.45) is -1.21. The van der Waals surface area contributed by atoms with Crippen molar-refractivity contribution < 1.29 is 24.1 Å². The lowest BCUT2D eigenvalue weighted by Crippen LogP contribution is -2.28. The van der Waals surface area contributed by atoms with E-state index in [1.165, 1.54) is 0 Å². The number of aromatic nitrogens is 1. The molecule has 1 atom stereocenters. The fourth-order valence-electron chi connectivity index (χ4n) is 4.93. The van der Waals surface area contributed by atoms with E-state index in [1.807, 2.05) is 70.2 Å². The molecule has 2 heterocycles. The summed E-state index contributed by atoms with van der Waals surface area (Å²) in [5.41, 5.74) is 6.07. The van der Waals surface area contributed by atoms with Crippen LogP contribution in [0, 0.1) is 13.8 Å². The zero-order chi connectivity index (χ0) is 26.3. The number of hydrogen-bond donors (Lipinski definition) is 1. The largest absolute Gasteiger partial charge is 0.486 e. The lowest BCUT2D eigenvalue weighted by atomic mass is 9.88. The second-order valence-corrected chi connectivity index (χ2v) is 10.3. The first-order valence-electron chi connectivity index (χ1n) is 12.4. The van der Waals surface area contributed by atoms with Crippen LogP contribution in [0.25, 0.3) is 33.2 Å². The van der Waals surface area contributed by atoms with Gasteiger partial charge in [0.2, 0.25) is 0 Å². The number of hydrogen-bond acceptors (Lipinski definition) is 5. The molecule has 1 aliphatic heterocycles.